The molecule has 50 heavy (non-hydrogen) atoms. The molecule has 0 bridgehead atoms. The minimum atomic E-state index is -0.969. The summed E-state index contributed by atoms with van der Waals surface area (Å²) < 4.78 is 26.5. The summed E-state index contributed by atoms with van der Waals surface area (Å²) in [6, 6.07) is 8.74. The fourth-order valence-corrected chi connectivity index (χ4v) is 7.12. The number of aromatic nitrogens is 5. The molecule has 7 heterocycles. The zero-order chi connectivity index (χ0) is 34.7. The van der Waals surface area contributed by atoms with Crippen LogP contribution in [0.4, 0.5) is 11.5 Å². The monoisotopic (exact) mass is 677 g/mol. The Kier molecular flexibility index (Phi) is 7.88. The van der Waals surface area contributed by atoms with Crippen molar-refractivity contribution in [1.29, 1.82) is 0 Å². The Morgan fingerprint density at radius 2 is 1.98 bits per heavy atom. The molecule has 3 saturated heterocycles. The Bertz CT molecular complexity index is 2180. The van der Waals surface area contributed by atoms with Crippen LogP contribution in [0.15, 0.2) is 47.1 Å². The second-order valence-electron chi connectivity index (χ2n) is 13.7. The molecule has 13 nitrogen and oxygen atoms in total. The number of furan rings is 1. The summed E-state index contributed by atoms with van der Waals surface area (Å²) in [6.07, 6.45) is 3.30. The zero-order valence-corrected chi connectivity index (χ0v) is 28.7. The molecular weight excluding hydrogens is 638 g/mol. The van der Waals surface area contributed by atoms with Gasteiger partial charge in [-0.2, -0.15) is 5.10 Å². The lowest BCUT2D eigenvalue weighted by molar-refractivity contribution is -0.228. The van der Waals surface area contributed by atoms with Gasteiger partial charge in [0.1, 0.15) is 40.4 Å². The van der Waals surface area contributed by atoms with Crippen LogP contribution in [0.3, 0.4) is 0 Å². The van der Waals surface area contributed by atoms with Crippen molar-refractivity contribution in [2.45, 2.75) is 63.8 Å². The Morgan fingerprint density at radius 1 is 1.16 bits per heavy atom. The number of aliphatic carboxylic acids is 1. The number of para-hydroxylation sites is 1. The highest BCUT2D eigenvalue weighted by Gasteiger charge is 2.50. The fourth-order valence-electron chi connectivity index (χ4n) is 7.12. The molecule has 3 atom stereocenters. The number of carbonyl (C=O) groups is 1. The molecule has 13 heteroatoms. The minimum absolute atomic E-state index is 0.0139. The molecule has 0 amide bonds. The molecule has 3 fully saturated rings. The molecule has 258 valence electrons. The van der Waals surface area contributed by atoms with E-state index in [1.54, 1.807) is 15.8 Å². The maximum absolute atomic E-state index is 12.8. The smallest absolute Gasteiger partial charge is 0.326 e. The second kappa shape index (κ2) is 12.3. The number of rotatable bonds is 6. The molecule has 0 unspecified atom stereocenters. The normalized spacial score (nSPS) is 21.5. The standard InChI is InChI=1S/C37H39N7O6/c1-21(2)33-39-31-27-8-6-7-9-30(27)50-32(31)34(40-33)44-18-26(15-29(44)36(45)46)49-35-28(43-12-13-48-37(23(43)4)19-47-20-37)14-24(16-38-35)10-11-25-17-42(5)41-22(25)3/h6-9,14,16-17,21,23,26,29H,12-13,15,18-20H2,1-5H3,(H,45,46)/t23-,26-,29-/m0/s1. The summed E-state index contributed by atoms with van der Waals surface area (Å²) in [5, 5.41) is 15.7. The summed E-state index contributed by atoms with van der Waals surface area (Å²) in [4.78, 5) is 31.3. The highest BCUT2D eigenvalue weighted by Crippen LogP contribution is 2.41. The molecule has 1 spiro atoms. The van der Waals surface area contributed by atoms with Gasteiger partial charge < -0.3 is 33.5 Å². The van der Waals surface area contributed by atoms with Gasteiger partial charge in [-0.1, -0.05) is 37.8 Å². The molecular formula is C37H39N7O6. The van der Waals surface area contributed by atoms with Crippen molar-refractivity contribution in [2.24, 2.45) is 7.05 Å². The van der Waals surface area contributed by atoms with E-state index in [0.717, 1.165) is 27.9 Å². The number of morpholine rings is 1. The van der Waals surface area contributed by atoms with Gasteiger partial charge in [0.25, 0.3) is 0 Å². The lowest BCUT2D eigenvalue weighted by Crippen LogP contribution is -2.68. The van der Waals surface area contributed by atoms with E-state index >= 15 is 0 Å². The van der Waals surface area contributed by atoms with E-state index in [4.69, 9.17) is 33.6 Å². The molecule has 3 aliphatic rings. The van der Waals surface area contributed by atoms with Crippen LogP contribution in [0.2, 0.25) is 0 Å². The number of hydrogen-bond donors (Lipinski definition) is 1. The molecule has 0 aliphatic carbocycles. The topological polar surface area (TPSA) is 141 Å². The molecule has 1 N–H and O–H groups in total. The average molecular weight is 678 g/mol. The van der Waals surface area contributed by atoms with Crippen molar-refractivity contribution in [3.63, 3.8) is 0 Å². The highest BCUT2D eigenvalue weighted by molar-refractivity contribution is 6.06. The first-order valence-electron chi connectivity index (χ1n) is 17.0. The van der Waals surface area contributed by atoms with Crippen molar-refractivity contribution >= 4 is 39.5 Å². The third kappa shape index (κ3) is 5.48. The SMILES string of the molecule is Cc1nn(C)cc1C#Cc1cnc(O[C@H]2C[C@@H](C(=O)O)N(c3nc(C(C)C)nc4c3oc3ccccc34)C2)c(N2CCOC3(COC3)[C@@H]2C)c1. The number of aryl methyl sites for hydroxylation is 2. The molecule has 3 aliphatic heterocycles. The van der Waals surface area contributed by atoms with Gasteiger partial charge in [0, 0.05) is 49.3 Å². The van der Waals surface area contributed by atoms with E-state index in [0.29, 0.717) is 60.6 Å². The van der Waals surface area contributed by atoms with E-state index in [1.807, 2.05) is 64.3 Å². The van der Waals surface area contributed by atoms with E-state index in [1.165, 1.54) is 0 Å². The molecule has 4 aromatic heterocycles. The van der Waals surface area contributed by atoms with Gasteiger partial charge in [-0.15, -0.1) is 0 Å². The Labute approximate surface area is 289 Å². The lowest BCUT2D eigenvalue weighted by atomic mass is 9.90. The first kappa shape index (κ1) is 32.0. The van der Waals surface area contributed by atoms with Crippen molar-refractivity contribution in [3.05, 3.63) is 65.4 Å². The predicted molar refractivity (Wildman–Crippen MR) is 186 cm³/mol. The Balaban J connectivity index is 1.16. The number of carboxylic acids is 1. The first-order valence-corrected chi connectivity index (χ1v) is 17.0. The minimum Gasteiger partial charge on any atom is -0.480 e. The summed E-state index contributed by atoms with van der Waals surface area (Å²) in [7, 11) is 1.87. The quantitative estimate of drug-likeness (QED) is 0.254. The Morgan fingerprint density at radius 3 is 2.70 bits per heavy atom. The van der Waals surface area contributed by atoms with Gasteiger partial charge in [0.15, 0.2) is 11.4 Å². The van der Waals surface area contributed by atoms with Gasteiger partial charge in [-0.3, -0.25) is 4.68 Å². The lowest BCUT2D eigenvalue weighted by Gasteiger charge is -2.53. The summed E-state index contributed by atoms with van der Waals surface area (Å²) >= 11 is 0. The van der Waals surface area contributed by atoms with Gasteiger partial charge in [0.05, 0.1) is 43.7 Å². The van der Waals surface area contributed by atoms with Crippen LogP contribution in [0, 0.1) is 18.8 Å². The third-order valence-corrected chi connectivity index (χ3v) is 9.97. The molecule has 0 saturated carbocycles. The van der Waals surface area contributed by atoms with Crippen LogP contribution in [0.25, 0.3) is 22.1 Å². The summed E-state index contributed by atoms with van der Waals surface area (Å²) in [6.45, 7) is 10.5. The number of fused-ring (bicyclic) bond motifs is 3. The number of benzene rings is 1. The van der Waals surface area contributed by atoms with Gasteiger partial charge >= 0.3 is 5.97 Å². The van der Waals surface area contributed by atoms with Crippen LogP contribution >= 0.6 is 0 Å². The summed E-state index contributed by atoms with van der Waals surface area (Å²) in [5.74, 6) is 7.01. The fraction of sp³-hybridized carbons (Fsp3) is 0.432. The van der Waals surface area contributed by atoms with Crippen molar-refractivity contribution in [1.82, 2.24) is 24.7 Å². The predicted octanol–water partition coefficient (Wildman–Crippen LogP) is 4.44. The number of anilines is 2. The van der Waals surface area contributed by atoms with Crippen LogP contribution < -0.4 is 14.5 Å². The average Bonchev–Trinajstić information content (AvgIpc) is 3.77. The van der Waals surface area contributed by atoms with Gasteiger partial charge in [0.2, 0.25) is 5.88 Å². The second-order valence-corrected chi connectivity index (χ2v) is 13.7. The number of pyridine rings is 1. The van der Waals surface area contributed by atoms with Crippen molar-refractivity contribution in [2.75, 3.05) is 42.7 Å². The first-order chi connectivity index (χ1) is 24.1. The van der Waals surface area contributed by atoms with Crippen LogP contribution in [0.1, 0.15) is 55.8 Å². The Hall–Kier alpha value is -5.19. The van der Waals surface area contributed by atoms with E-state index in [2.05, 4.69) is 28.8 Å². The number of carboxylic acid groups (broad SMARTS) is 1. The van der Waals surface area contributed by atoms with Gasteiger partial charge in [-0.05, 0) is 32.0 Å². The highest BCUT2D eigenvalue weighted by atomic mass is 16.6. The molecule has 0 radical (unpaired) electrons. The number of ether oxygens (including phenoxy) is 3. The van der Waals surface area contributed by atoms with Crippen LogP contribution in [0.5, 0.6) is 5.88 Å². The van der Waals surface area contributed by atoms with Crippen molar-refractivity contribution < 1.29 is 28.5 Å². The maximum atomic E-state index is 12.8. The van der Waals surface area contributed by atoms with Crippen LogP contribution in [-0.4, -0.2) is 92.5 Å². The molecule has 8 rings (SSSR count). The van der Waals surface area contributed by atoms with Gasteiger partial charge in [-0.25, -0.2) is 19.7 Å². The van der Waals surface area contributed by atoms with E-state index in [9.17, 15) is 9.90 Å². The summed E-state index contributed by atoms with van der Waals surface area (Å²) in [5.41, 5.74) is 4.57. The maximum Gasteiger partial charge on any atom is 0.326 e. The van der Waals surface area contributed by atoms with E-state index < -0.39 is 23.7 Å². The molecule has 5 aromatic rings. The van der Waals surface area contributed by atoms with E-state index in [-0.39, 0.29) is 24.9 Å². The largest absolute Gasteiger partial charge is 0.480 e. The number of nitrogens with zero attached hydrogens (tertiary/aromatic N) is 7. The number of hydrogen-bond acceptors (Lipinski definition) is 11. The zero-order valence-electron chi connectivity index (χ0n) is 28.7. The molecule has 1 aromatic carbocycles. The van der Waals surface area contributed by atoms with Crippen molar-refractivity contribution in [3.8, 4) is 17.7 Å². The third-order valence-electron chi connectivity index (χ3n) is 9.97. The van der Waals surface area contributed by atoms with Crippen LogP contribution in [-0.2, 0) is 21.3 Å².